The molecule has 0 aromatic heterocycles. The lowest BCUT2D eigenvalue weighted by Gasteiger charge is -2.58. The van der Waals surface area contributed by atoms with Crippen LogP contribution >= 0.6 is 15.9 Å². The second-order valence-corrected chi connectivity index (χ2v) is 8.07. The number of carbonyl (C=O) groups excluding carboxylic acids is 1. The minimum Gasteiger partial charge on any atom is -0.342 e. The minimum absolute atomic E-state index is 0.0632. The molecule has 19 heavy (non-hydrogen) atoms. The average molecular weight is 328 g/mol. The highest BCUT2D eigenvalue weighted by Gasteiger charge is 2.55. The Labute approximate surface area is 125 Å². The maximum absolute atomic E-state index is 12.7. The summed E-state index contributed by atoms with van der Waals surface area (Å²) in [4.78, 5) is 14.8. The van der Waals surface area contributed by atoms with Crippen LogP contribution in [-0.2, 0) is 4.79 Å². The van der Waals surface area contributed by atoms with Gasteiger partial charge in [0.15, 0.2) is 0 Å². The molecule has 0 N–H and O–H groups in total. The first-order chi connectivity index (χ1) is 9.08. The van der Waals surface area contributed by atoms with Gasteiger partial charge in [0.25, 0.3) is 0 Å². The van der Waals surface area contributed by atoms with Crippen molar-refractivity contribution in [2.45, 2.75) is 57.2 Å². The first kappa shape index (κ1) is 13.9. The van der Waals surface area contributed by atoms with Crippen LogP contribution in [0.5, 0.6) is 0 Å². The fourth-order valence-electron chi connectivity index (χ4n) is 5.45. The van der Waals surface area contributed by atoms with Gasteiger partial charge in [-0.3, -0.25) is 4.79 Å². The molecule has 4 bridgehead atoms. The van der Waals surface area contributed by atoms with E-state index in [0.29, 0.717) is 5.91 Å². The zero-order valence-electron chi connectivity index (χ0n) is 12.2. The molecule has 1 unspecified atom stereocenters. The number of hydrogen-bond donors (Lipinski definition) is 0. The van der Waals surface area contributed by atoms with Crippen molar-refractivity contribution in [1.29, 1.82) is 0 Å². The van der Waals surface area contributed by atoms with Gasteiger partial charge < -0.3 is 4.90 Å². The predicted octanol–water partition coefficient (Wildman–Crippen LogP) is 3.83. The van der Waals surface area contributed by atoms with Crippen LogP contribution in [0.2, 0.25) is 0 Å². The Morgan fingerprint density at radius 1 is 1.11 bits per heavy atom. The monoisotopic (exact) mass is 327 g/mol. The zero-order chi connectivity index (χ0) is 13.6. The van der Waals surface area contributed by atoms with Gasteiger partial charge in [0, 0.05) is 13.1 Å². The lowest BCUT2D eigenvalue weighted by atomic mass is 9.48. The molecular weight excluding hydrogens is 302 g/mol. The summed E-state index contributed by atoms with van der Waals surface area (Å²) in [5.74, 6) is 3.08. The van der Waals surface area contributed by atoms with Crippen molar-refractivity contribution in [2.24, 2.45) is 23.2 Å². The van der Waals surface area contributed by atoms with E-state index in [4.69, 9.17) is 0 Å². The topological polar surface area (TPSA) is 20.3 Å². The summed E-state index contributed by atoms with van der Waals surface area (Å²) < 4.78 is 0. The van der Waals surface area contributed by atoms with Crippen LogP contribution in [0.15, 0.2) is 0 Å². The number of carbonyl (C=O) groups is 1. The fourth-order valence-corrected chi connectivity index (χ4v) is 6.30. The van der Waals surface area contributed by atoms with Gasteiger partial charge >= 0.3 is 0 Å². The van der Waals surface area contributed by atoms with Gasteiger partial charge in [-0.1, -0.05) is 15.9 Å². The highest BCUT2D eigenvalue weighted by atomic mass is 79.9. The van der Waals surface area contributed by atoms with Crippen LogP contribution in [0.1, 0.15) is 52.4 Å². The number of halogens is 1. The van der Waals surface area contributed by atoms with E-state index < -0.39 is 0 Å². The highest BCUT2D eigenvalue weighted by molar-refractivity contribution is 9.10. The summed E-state index contributed by atoms with van der Waals surface area (Å²) in [6.45, 7) is 5.84. The molecule has 2 nitrogen and oxygen atoms in total. The molecular formula is C16H26BrNO. The molecule has 4 rings (SSSR count). The number of amides is 1. The molecule has 3 heteroatoms. The predicted molar refractivity (Wildman–Crippen MR) is 81.2 cm³/mol. The van der Waals surface area contributed by atoms with Crippen molar-refractivity contribution in [3.05, 3.63) is 0 Å². The van der Waals surface area contributed by atoms with E-state index in [1.165, 1.54) is 38.5 Å². The summed E-state index contributed by atoms with van der Waals surface area (Å²) >= 11 is 3.82. The first-order valence-corrected chi connectivity index (χ1v) is 8.92. The standard InChI is InChI=1S/C16H26BrNO/c1-3-18(4-2)15(19)14(17)16-8-11-5-12(9-16)7-13(6-11)10-16/h11-14H,3-10H2,1-2H3. The van der Waals surface area contributed by atoms with Crippen LogP contribution in [0.3, 0.4) is 0 Å². The Balaban J connectivity index is 1.79. The van der Waals surface area contributed by atoms with Crippen molar-refractivity contribution in [3.8, 4) is 0 Å². The number of hydrogen-bond acceptors (Lipinski definition) is 1. The van der Waals surface area contributed by atoms with Crippen LogP contribution in [0.25, 0.3) is 0 Å². The maximum atomic E-state index is 12.7. The van der Waals surface area contributed by atoms with Gasteiger partial charge in [0.05, 0.1) is 4.83 Å². The number of alkyl halides is 1. The third kappa shape index (κ3) is 2.26. The summed E-state index contributed by atoms with van der Waals surface area (Å²) in [6.07, 6.45) is 8.21. The van der Waals surface area contributed by atoms with Crippen LogP contribution in [-0.4, -0.2) is 28.7 Å². The highest BCUT2D eigenvalue weighted by Crippen LogP contribution is 2.62. The Morgan fingerprint density at radius 3 is 1.89 bits per heavy atom. The molecule has 1 atom stereocenters. The molecule has 4 fully saturated rings. The Bertz CT molecular complexity index is 328. The molecule has 4 saturated carbocycles. The minimum atomic E-state index is 0.0632. The molecule has 0 heterocycles. The summed E-state index contributed by atoms with van der Waals surface area (Å²) in [5, 5.41) is 0. The second kappa shape index (κ2) is 5.05. The third-order valence-corrected chi connectivity index (χ3v) is 7.28. The normalized spacial score (nSPS) is 41.3. The fraction of sp³-hybridized carbons (Fsp3) is 0.938. The van der Waals surface area contributed by atoms with Gasteiger partial charge in [-0.25, -0.2) is 0 Å². The molecule has 0 spiro atoms. The largest absolute Gasteiger partial charge is 0.342 e. The van der Waals surface area contributed by atoms with Crippen molar-refractivity contribution < 1.29 is 4.79 Å². The average Bonchev–Trinajstić information content (AvgIpc) is 2.37. The van der Waals surface area contributed by atoms with Crippen LogP contribution < -0.4 is 0 Å². The van der Waals surface area contributed by atoms with Crippen molar-refractivity contribution in [2.75, 3.05) is 13.1 Å². The zero-order valence-corrected chi connectivity index (χ0v) is 13.8. The molecule has 4 aliphatic rings. The maximum Gasteiger partial charge on any atom is 0.236 e. The van der Waals surface area contributed by atoms with E-state index in [9.17, 15) is 4.79 Å². The summed E-state index contributed by atoms with van der Waals surface area (Å²) in [6, 6.07) is 0. The van der Waals surface area contributed by atoms with Crippen molar-refractivity contribution in [3.63, 3.8) is 0 Å². The van der Waals surface area contributed by atoms with E-state index in [0.717, 1.165) is 30.8 Å². The third-order valence-electron chi connectivity index (χ3n) is 5.92. The molecule has 0 saturated heterocycles. The molecule has 108 valence electrons. The molecule has 0 radical (unpaired) electrons. The molecule has 0 aromatic rings. The molecule has 0 aromatic carbocycles. The summed E-state index contributed by atoms with van der Waals surface area (Å²) in [5.41, 5.74) is 0.286. The Hall–Kier alpha value is -0.0500. The Morgan fingerprint density at radius 2 is 1.53 bits per heavy atom. The van der Waals surface area contributed by atoms with E-state index in [2.05, 4.69) is 29.8 Å². The Kier molecular flexibility index (Phi) is 3.70. The number of nitrogens with zero attached hydrogens (tertiary/aromatic N) is 1. The number of rotatable bonds is 4. The molecule has 0 aliphatic heterocycles. The van der Waals surface area contributed by atoms with Gasteiger partial charge in [-0.2, -0.15) is 0 Å². The van der Waals surface area contributed by atoms with Gasteiger partial charge in [-0.15, -0.1) is 0 Å². The van der Waals surface area contributed by atoms with E-state index in [1.807, 2.05) is 4.90 Å². The van der Waals surface area contributed by atoms with E-state index >= 15 is 0 Å². The van der Waals surface area contributed by atoms with Gasteiger partial charge in [0.1, 0.15) is 0 Å². The summed E-state index contributed by atoms with van der Waals surface area (Å²) in [7, 11) is 0. The quantitative estimate of drug-likeness (QED) is 0.718. The SMILES string of the molecule is CCN(CC)C(=O)C(Br)C12CC3CC(CC(C3)C1)C2. The molecule has 1 amide bonds. The van der Waals surface area contributed by atoms with Gasteiger partial charge in [-0.05, 0) is 75.5 Å². The first-order valence-electron chi connectivity index (χ1n) is 8.00. The van der Waals surface area contributed by atoms with Crippen molar-refractivity contribution >= 4 is 21.8 Å². The lowest BCUT2D eigenvalue weighted by molar-refractivity contribution is -0.137. The smallest absolute Gasteiger partial charge is 0.236 e. The second-order valence-electron chi connectivity index (χ2n) is 7.15. The van der Waals surface area contributed by atoms with Gasteiger partial charge in [0.2, 0.25) is 5.91 Å². The van der Waals surface area contributed by atoms with E-state index in [1.54, 1.807) is 0 Å². The van der Waals surface area contributed by atoms with Crippen molar-refractivity contribution in [1.82, 2.24) is 4.90 Å². The lowest BCUT2D eigenvalue weighted by Crippen LogP contribution is -2.54. The van der Waals surface area contributed by atoms with E-state index in [-0.39, 0.29) is 10.2 Å². The van der Waals surface area contributed by atoms with Crippen LogP contribution in [0.4, 0.5) is 0 Å². The van der Waals surface area contributed by atoms with Crippen LogP contribution in [0, 0.1) is 23.2 Å². The molecule has 4 aliphatic carbocycles.